The molecule has 1 aliphatic heterocycles. The Labute approximate surface area is 137 Å². The topological polar surface area (TPSA) is 75.4 Å². The molecule has 0 bridgehead atoms. The molecule has 2 aliphatic rings. The number of rotatable bonds is 3. The second kappa shape index (κ2) is 6.32. The molecule has 2 amide bonds. The summed E-state index contributed by atoms with van der Waals surface area (Å²) >= 11 is 0. The molecule has 0 aromatic heterocycles. The first-order valence-electron chi connectivity index (χ1n) is 8.37. The number of carbonyl (C=O) groups is 2. The maximum Gasteiger partial charge on any atom is 0.309 e. The Morgan fingerprint density at radius 3 is 2.57 bits per heavy atom. The fraction of sp³-hybridized carbons (Fsp3) is 0.556. The lowest BCUT2D eigenvalue weighted by molar-refractivity contribution is -0.139. The van der Waals surface area contributed by atoms with Gasteiger partial charge in [0.15, 0.2) is 0 Å². The van der Waals surface area contributed by atoms with Gasteiger partial charge in [-0.3, -0.25) is 14.5 Å². The molecule has 1 aromatic carbocycles. The van der Waals surface area contributed by atoms with Gasteiger partial charge in [-0.15, -0.1) is 0 Å². The highest BCUT2D eigenvalue weighted by atomic mass is 16.2. The first-order chi connectivity index (χ1) is 11.0. The number of piperidine rings is 1. The van der Waals surface area contributed by atoms with Crippen LogP contribution in [0.2, 0.25) is 0 Å². The average Bonchev–Trinajstić information content (AvgIpc) is 2.50. The lowest BCUT2D eigenvalue weighted by Crippen LogP contribution is -2.62. The Morgan fingerprint density at radius 1 is 1.30 bits per heavy atom. The first-order valence-corrected chi connectivity index (χ1v) is 8.37. The molecule has 124 valence electrons. The second-order valence-corrected chi connectivity index (χ2v) is 7.13. The van der Waals surface area contributed by atoms with Gasteiger partial charge in [0.2, 0.25) is 0 Å². The first kappa shape index (κ1) is 16.0. The van der Waals surface area contributed by atoms with Crippen molar-refractivity contribution in [1.82, 2.24) is 10.2 Å². The highest BCUT2D eigenvalue weighted by Gasteiger charge is 2.47. The predicted molar refractivity (Wildman–Crippen MR) is 88.3 cm³/mol. The fourth-order valence-corrected chi connectivity index (χ4v) is 4.00. The summed E-state index contributed by atoms with van der Waals surface area (Å²) < 4.78 is 0. The molecule has 1 saturated carbocycles. The summed E-state index contributed by atoms with van der Waals surface area (Å²) in [5.74, 6) is -1.57. The number of hydrogen-bond donors (Lipinski definition) is 2. The summed E-state index contributed by atoms with van der Waals surface area (Å²) in [5.41, 5.74) is 6.67. The Bertz CT molecular complexity index is 583. The Kier molecular flexibility index (Phi) is 4.39. The van der Waals surface area contributed by atoms with E-state index in [9.17, 15) is 9.59 Å². The molecule has 0 radical (unpaired) electrons. The van der Waals surface area contributed by atoms with Crippen molar-refractivity contribution in [3.8, 4) is 0 Å². The number of amides is 2. The van der Waals surface area contributed by atoms with Crippen LogP contribution in [0.25, 0.3) is 0 Å². The zero-order chi connectivity index (χ0) is 16.4. The van der Waals surface area contributed by atoms with Crippen molar-refractivity contribution in [1.29, 1.82) is 0 Å². The Balaban J connectivity index is 1.75. The number of primary amides is 1. The van der Waals surface area contributed by atoms with Crippen molar-refractivity contribution in [3.63, 3.8) is 0 Å². The summed E-state index contributed by atoms with van der Waals surface area (Å²) in [6.07, 6.45) is 4.60. The van der Waals surface area contributed by atoms with E-state index in [0.717, 1.165) is 19.5 Å². The standard InChI is InChI=1S/C18H25N3O2/c1-13-15(20-17(23)16(19)22)10-18(8-5-9-18)12-21(13)11-14-6-3-2-4-7-14/h2-4,6-7,13,15H,5,8-12H2,1H3,(H2,19,22)(H,20,23)/t13-,15+/m1/s1. The summed E-state index contributed by atoms with van der Waals surface area (Å²) in [6.45, 7) is 4.05. The van der Waals surface area contributed by atoms with Crippen LogP contribution in [0.1, 0.15) is 38.2 Å². The van der Waals surface area contributed by atoms with Gasteiger partial charge in [0.05, 0.1) is 0 Å². The van der Waals surface area contributed by atoms with Gasteiger partial charge in [-0.05, 0) is 37.2 Å². The Morgan fingerprint density at radius 2 is 2.00 bits per heavy atom. The van der Waals surface area contributed by atoms with Crippen LogP contribution < -0.4 is 11.1 Å². The van der Waals surface area contributed by atoms with Crippen LogP contribution in [-0.4, -0.2) is 35.3 Å². The average molecular weight is 315 g/mol. The van der Waals surface area contributed by atoms with Gasteiger partial charge in [0.25, 0.3) is 0 Å². The van der Waals surface area contributed by atoms with Gasteiger partial charge in [0.1, 0.15) is 0 Å². The fourth-order valence-electron chi connectivity index (χ4n) is 4.00. The molecule has 1 aliphatic carbocycles. The molecule has 5 heteroatoms. The van der Waals surface area contributed by atoms with Crippen molar-refractivity contribution in [2.75, 3.05) is 6.54 Å². The molecular weight excluding hydrogens is 290 g/mol. The van der Waals surface area contributed by atoms with Crippen LogP contribution in [0.4, 0.5) is 0 Å². The minimum atomic E-state index is -0.903. The van der Waals surface area contributed by atoms with Crippen molar-refractivity contribution in [3.05, 3.63) is 35.9 Å². The number of nitrogens with two attached hydrogens (primary N) is 1. The van der Waals surface area contributed by atoms with Crippen molar-refractivity contribution in [2.45, 2.75) is 51.2 Å². The maximum absolute atomic E-state index is 11.7. The zero-order valence-corrected chi connectivity index (χ0v) is 13.6. The van der Waals surface area contributed by atoms with E-state index < -0.39 is 11.8 Å². The van der Waals surface area contributed by atoms with Crippen LogP contribution in [0, 0.1) is 5.41 Å². The number of benzene rings is 1. The minimum absolute atomic E-state index is 0.0206. The van der Waals surface area contributed by atoms with Crippen LogP contribution in [0.15, 0.2) is 30.3 Å². The van der Waals surface area contributed by atoms with Gasteiger partial charge in [-0.2, -0.15) is 0 Å². The van der Waals surface area contributed by atoms with Gasteiger partial charge < -0.3 is 11.1 Å². The van der Waals surface area contributed by atoms with E-state index in [2.05, 4.69) is 41.4 Å². The lowest BCUT2D eigenvalue weighted by Gasteiger charge is -2.54. The zero-order valence-electron chi connectivity index (χ0n) is 13.6. The third-order valence-corrected chi connectivity index (χ3v) is 5.53. The highest BCUT2D eigenvalue weighted by molar-refractivity contribution is 6.34. The molecule has 3 rings (SSSR count). The summed E-state index contributed by atoms with van der Waals surface area (Å²) in [6, 6.07) is 10.5. The number of carbonyl (C=O) groups excluding carboxylic acids is 2. The maximum atomic E-state index is 11.7. The summed E-state index contributed by atoms with van der Waals surface area (Å²) in [7, 11) is 0. The molecule has 1 saturated heterocycles. The van der Waals surface area contributed by atoms with Crippen LogP contribution >= 0.6 is 0 Å². The highest BCUT2D eigenvalue weighted by Crippen LogP contribution is 2.48. The molecule has 3 N–H and O–H groups in total. The molecule has 5 nitrogen and oxygen atoms in total. The van der Waals surface area contributed by atoms with Gasteiger partial charge in [-0.1, -0.05) is 36.8 Å². The number of nitrogens with one attached hydrogen (secondary N) is 1. The molecule has 0 unspecified atom stereocenters. The van der Waals surface area contributed by atoms with E-state index in [1.807, 2.05) is 6.07 Å². The van der Waals surface area contributed by atoms with E-state index in [-0.39, 0.29) is 17.5 Å². The van der Waals surface area contributed by atoms with E-state index in [1.54, 1.807) is 0 Å². The van der Waals surface area contributed by atoms with E-state index in [0.29, 0.717) is 0 Å². The molecular formula is C18H25N3O2. The normalized spacial score (nSPS) is 26.5. The third-order valence-electron chi connectivity index (χ3n) is 5.53. The monoisotopic (exact) mass is 315 g/mol. The van der Waals surface area contributed by atoms with Crippen LogP contribution in [0.3, 0.4) is 0 Å². The van der Waals surface area contributed by atoms with Gasteiger partial charge in [0, 0.05) is 25.2 Å². The van der Waals surface area contributed by atoms with Crippen LogP contribution in [-0.2, 0) is 16.1 Å². The second-order valence-electron chi connectivity index (χ2n) is 7.13. The lowest BCUT2D eigenvalue weighted by atomic mass is 9.62. The van der Waals surface area contributed by atoms with Gasteiger partial charge in [-0.25, -0.2) is 0 Å². The third kappa shape index (κ3) is 3.39. The van der Waals surface area contributed by atoms with Crippen molar-refractivity contribution < 1.29 is 9.59 Å². The molecule has 23 heavy (non-hydrogen) atoms. The quantitative estimate of drug-likeness (QED) is 0.828. The number of hydrogen-bond acceptors (Lipinski definition) is 3. The number of nitrogens with zero attached hydrogens (tertiary/aromatic N) is 1. The Hall–Kier alpha value is -1.88. The minimum Gasteiger partial charge on any atom is -0.361 e. The SMILES string of the molecule is C[C@@H]1[C@@H](NC(=O)C(N)=O)CC2(CCC2)CN1Cc1ccccc1. The molecule has 2 fully saturated rings. The van der Waals surface area contributed by atoms with Crippen LogP contribution in [0.5, 0.6) is 0 Å². The predicted octanol–water partition coefficient (Wildman–Crippen LogP) is 1.42. The van der Waals surface area contributed by atoms with E-state index >= 15 is 0 Å². The van der Waals surface area contributed by atoms with Crippen molar-refractivity contribution >= 4 is 11.8 Å². The van der Waals surface area contributed by atoms with E-state index in [1.165, 1.54) is 24.8 Å². The largest absolute Gasteiger partial charge is 0.361 e. The van der Waals surface area contributed by atoms with Gasteiger partial charge >= 0.3 is 11.8 Å². The summed E-state index contributed by atoms with van der Waals surface area (Å²) in [5, 5.41) is 2.85. The van der Waals surface area contributed by atoms with Crippen molar-refractivity contribution in [2.24, 2.45) is 11.1 Å². The molecule has 2 atom stereocenters. The summed E-state index contributed by atoms with van der Waals surface area (Å²) in [4.78, 5) is 25.3. The molecule has 1 heterocycles. The smallest absolute Gasteiger partial charge is 0.309 e. The molecule has 1 spiro atoms. The molecule has 1 aromatic rings. The van der Waals surface area contributed by atoms with E-state index in [4.69, 9.17) is 5.73 Å². The number of likely N-dealkylation sites (tertiary alicyclic amines) is 1.